The van der Waals surface area contributed by atoms with Crippen LogP contribution in [0.25, 0.3) is 11.4 Å². The van der Waals surface area contributed by atoms with Crippen LogP contribution in [-0.4, -0.2) is 9.97 Å². The largest absolute Gasteiger partial charge is 0.383 e. The first-order valence-electron chi connectivity index (χ1n) is 6.79. The van der Waals surface area contributed by atoms with Crippen LogP contribution in [0.3, 0.4) is 0 Å². The van der Waals surface area contributed by atoms with Crippen molar-refractivity contribution in [3.05, 3.63) is 40.1 Å². The van der Waals surface area contributed by atoms with Crippen LogP contribution in [0.15, 0.2) is 12.1 Å². The van der Waals surface area contributed by atoms with E-state index in [2.05, 4.69) is 37.9 Å². The topological polar surface area (TPSA) is 51.8 Å². The molecule has 3 heteroatoms. The summed E-state index contributed by atoms with van der Waals surface area (Å²) in [4.78, 5) is 9.24. The van der Waals surface area contributed by atoms with E-state index in [1.807, 2.05) is 0 Å². The quantitative estimate of drug-likeness (QED) is 0.849. The molecule has 1 aliphatic carbocycles. The molecular weight excluding hydrogens is 234 g/mol. The molecule has 1 heterocycles. The highest BCUT2D eigenvalue weighted by Gasteiger charge is 2.19. The van der Waals surface area contributed by atoms with Gasteiger partial charge in [0, 0.05) is 16.8 Å². The summed E-state index contributed by atoms with van der Waals surface area (Å²) in [6.07, 6.45) is 3.19. The Morgan fingerprint density at radius 1 is 0.947 bits per heavy atom. The molecule has 0 aliphatic heterocycles. The molecule has 3 rings (SSSR count). The van der Waals surface area contributed by atoms with Crippen molar-refractivity contribution in [1.29, 1.82) is 0 Å². The highest BCUT2D eigenvalue weighted by atomic mass is 15.0. The number of nitrogens with zero attached hydrogens (tertiary/aromatic N) is 2. The van der Waals surface area contributed by atoms with Crippen molar-refractivity contribution in [3.63, 3.8) is 0 Å². The van der Waals surface area contributed by atoms with E-state index in [1.165, 1.54) is 16.7 Å². The number of nitrogens with two attached hydrogens (primary N) is 1. The number of hydrogen-bond donors (Lipinski definition) is 1. The van der Waals surface area contributed by atoms with Gasteiger partial charge in [0.2, 0.25) is 0 Å². The van der Waals surface area contributed by atoms with Gasteiger partial charge < -0.3 is 5.73 Å². The van der Waals surface area contributed by atoms with Gasteiger partial charge in [-0.25, -0.2) is 9.97 Å². The summed E-state index contributed by atoms with van der Waals surface area (Å²) in [7, 11) is 0. The van der Waals surface area contributed by atoms with Crippen LogP contribution in [0, 0.1) is 20.8 Å². The molecule has 0 bridgehead atoms. The molecular formula is C16H19N3. The number of anilines is 1. The SMILES string of the molecule is Cc1cc(C)c(-c2nc(N)c3c(n2)CCC3)cc1C. The zero-order valence-electron chi connectivity index (χ0n) is 11.7. The van der Waals surface area contributed by atoms with Crippen molar-refractivity contribution in [3.8, 4) is 11.4 Å². The van der Waals surface area contributed by atoms with Gasteiger partial charge in [-0.2, -0.15) is 0 Å². The molecule has 0 saturated carbocycles. The number of fused-ring (bicyclic) bond motifs is 1. The molecule has 0 radical (unpaired) electrons. The molecule has 2 N–H and O–H groups in total. The maximum atomic E-state index is 6.08. The van der Waals surface area contributed by atoms with Crippen molar-refractivity contribution in [2.24, 2.45) is 0 Å². The number of benzene rings is 1. The summed E-state index contributed by atoms with van der Waals surface area (Å²) in [5.41, 5.74) is 13.3. The number of hydrogen-bond acceptors (Lipinski definition) is 3. The fraction of sp³-hybridized carbons (Fsp3) is 0.375. The summed E-state index contributed by atoms with van der Waals surface area (Å²) in [5, 5.41) is 0. The number of nitrogen functional groups attached to an aromatic ring is 1. The molecule has 0 unspecified atom stereocenters. The minimum Gasteiger partial charge on any atom is -0.383 e. The Labute approximate surface area is 113 Å². The third kappa shape index (κ3) is 1.99. The second-order valence-corrected chi connectivity index (χ2v) is 5.46. The Hall–Kier alpha value is -1.90. The molecule has 1 aliphatic rings. The van der Waals surface area contributed by atoms with Crippen molar-refractivity contribution >= 4 is 5.82 Å². The van der Waals surface area contributed by atoms with Gasteiger partial charge in [-0.3, -0.25) is 0 Å². The zero-order valence-corrected chi connectivity index (χ0v) is 11.7. The van der Waals surface area contributed by atoms with Gasteiger partial charge in [0.25, 0.3) is 0 Å². The third-order valence-corrected chi connectivity index (χ3v) is 4.05. The Morgan fingerprint density at radius 2 is 1.68 bits per heavy atom. The highest BCUT2D eigenvalue weighted by molar-refractivity contribution is 5.65. The molecule has 1 aromatic carbocycles. The number of aromatic nitrogens is 2. The second kappa shape index (κ2) is 4.34. The average molecular weight is 253 g/mol. The fourth-order valence-corrected chi connectivity index (χ4v) is 2.78. The van der Waals surface area contributed by atoms with Crippen LogP contribution >= 0.6 is 0 Å². The summed E-state index contributed by atoms with van der Waals surface area (Å²) in [6.45, 7) is 6.35. The van der Waals surface area contributed by atoms with Gasteiger partial charge in [0.15, 0.2) is 5.82 Å². The second-order valence-electron chi connectivity index (χ2n) is 5.46. The zero-order chi connectivity index (χ0) is 13.6. The van der Waals surface area contributed by atoms with Crippen LogP contribution in [0.1, 0.15) is 34.4 Å². The van der Waals surface area contributed by atoms with E-state index < -0.39 is 0 Å². The minimum atomic E-state index is 0.662. The first-order chi connectivity index (χ1) is 9.06. The van der Waals surface area contributed by atoms with Crippen molar-refractivity contribution in [2.75, 3.05) is 5.73 Å². The number of aryl methyl sites for hydroxylation is 4. The molecule has 0 spiro atoms. The van der Waals surface area contributed by atoms with Gasteiger partial charge in [-0.05, 0) is 62.8 Å². The average Bonchev–Trinajstić information content (AvgIpc) is 2.82. The monoisotopic (exact) mass is 253 g/mol. The fourth-order valence-electron chi connectivity index (χ4n) is 2.78. The van der Waals surface area contributed by atoms with E-state index in [1.54, 1.807) is 0 Å². The Kier molecular flexibility index (Phi) is 2.77. The van der Waals surface area contributed by atoms with E-state index in [0.717, 1.165) is 41.9 Å². The minimum absolute atomic E-state index is 0.662. The molecule has 3 nitrogen and oxygen atoms in total. The maximum Gasteiger partial charge on any atom is 0.162 e. The van der Waals surface area contributed by atoms with Gasteiger partial charge >= 0.3 is 0 Å². The summed E-state index contributed by atoms with van der Waals surface area (Å²) < 4.78 is 0. The number of rotatable bonds is 1. The normalized spacial score (nSPS) is 13.6. The molecule has 98 valence electrons. The molecule has 0 atom stereocenters. The standard InChI is InChI=1S/C16H19N3/c1-9-7-11(3)13(8-10(9)2)16-18-14-6-4-5-12(14)15(17)19-16/h7-8H,4-6H2,1-3H3,(H2,17,18,19). The first kappa shape index (κ1) is 12.2. The molecule has 0 saturated heterocycles. The van der Waals surface area contributed by atoms with Crippen LogP contribution in [0.5, 0.6) is 0 Å². The first-order valence-corrected chi connectivity index (χ1v) is 6.79. The molecule has 19 heavy (non-hydrogen) atoms. The molecule has 1 aromatic heterocycles. The summed E-state index contributed by atoms with van der Waals surface area (Å²) in [5.74, 6) is 1.44. The van der Waals surface area contributed by atoms with E-state index in [4.69, 9.17) is 10.7 Å². The molecule has 0 fully saturated rings. The lowest BCUT2D eigenvalue weighted by Gasteiger charge is -2.11. The lowest BCUT2D eigenvalue weighted by Crippen LogP contribution is -2.04. The third-order valence-electron chi connectivity index (χ3n) is 4.05. The lowest BCUT2D eigenvalue weighted by atomic mass is 10.00. The Morgan fingerprint density at radius 3 is 2.47 bits per heavy atom. The Balaban J connectivity index is 2.18. The summed E-state index contributed by atoms with van der Waals surface area (Å²) >= 11 is 0. The van der Waals surface area contributed by atoms with Crippen molar-refractivity contribution in [1.82, 2.24) is 9.97 Å². The van der Waals surface area contributed by atoms with Gasteiger partial charge in [0.1, 0.15) is 5.82 Å². The lowest BCUT2D eigenvalue weighted by molar-refractivity contribution is 0.900. The van der Waals surface area contributed by atoms with E-state index in [-0.39, 0.29) is 0 Å². The van der Waals surface area contributed by atoms with Crippen molar-refractivity contribution < 1.29 is 0 Å². The van der Waals surface area contributed by atoms with Crippen LogP contribution < -0.4 is 5.73 Å². The predicted molar refractivity (Wildman–Crippen MR) is 78.1 cm³/mol. The van der Waals surface area contributed by atoms with Crippen molar-refractivity contribution in [2.45, 2.75) is 40.0 Å². The van der Waals surface area contributed by atoms with Crippen LogP contribution in [0.4, 0.5) is 5.82 Å². The van der Waals surface area contributed by atoms with Crippen LogP contribution in [0.2, 0.25) is 0 Å². The van der Waals surface area contributed by atoms with Gasteiger partial charge in [-0.15, -0.1) is 0 Å². The smallest absolute Gasteiger partial charge is 0.162 e. The van der Waals surface area contributed by atoms with Gasteiger partial charge in [-0.1, -0.05) is 6.07 Å². The van der Waals surface area contributed by atoms with E-state index >= 15 is 0 Å². The predicted octanol–water partition coefficient (Wildman–Crippen LogP) is 3.14. The van der Waals surface area contributed by atoms with Gasteiger partial charge in [0.05, 0.1) is 0 Å². The van der Waals surface area contributed by atoms with E-state index in [9.17, 15) is 0 Å². The van der Waals surface area contributed by atoms with Crippen LogP contribution in [-0.2, 0) is 12.8 Å². The summed E-state index contributed by atoms with van der Waals surface area (Å²) in [6, 6.07) is 4.36. The molecule has 0 amide bonds. The highest BCUT2D eigenvalue weighted by Crippen LogP contribution is 2.29. The maximum absolute atomic E-state index is 6.08. The molecule has 2 aromatic rings. The van der Waals surface area contributed by atoms with E-state index in [0.29, 0.717) is 5.82 Å². The Bertz CT molecular complexity index is 660.